The fourth-order valence-corrected chi connectivity index (χ4v) is 6.52. The second-order valence-corrected chi connectivity index (χ2v) is 11.3. The van der Waals surface area contributed by atoms with Crippen LogP contribution in [0.4, 0.5) is 17.2 Å². The molecule has 8 aromatic rings. The zero-order chi connectivity index (χ0) is 29.5. The van der Waals surface area contributed by atoms with Crippen LogP contribution in [0.15, 0.2) is 164 Å². The maximum Gasteiger partial charge on any atom is 0.137 e. The van der Waals surface area contributed by atoms with Crippen LogP contribution in [0.25, 0.3) is 54.6 Å². The van der Waals surface area contributed by atoms with Gasteiger partial charge in [0.25, 0.3) is 0 Å². The lowest BCUT2D eigenvalue weighted by atomic mass is 9.85. The third kappa shape index (κ3) is 4.49. The first kappa shape index (κ1) is 25.9. The molecule has 1 heterocycles. The lowest BCUT2D eigenvalue weighted by Gasteiger charge is -2.25. The van der Waals surface area contributed by atoms with Crippen molar-refractivity contribution in [3.63, 3.8) is 0 Å². The minimum Gasteiger partial charge on any atom is -0.295 e. The summed E-state index contributed by atoms with van der Waals surface area (Å²) in [7, 11) is 0. The number of nitrogens with zero attached hydrogens (tertiary/aromatic N) is 2. The van der Waals surface area contributed by atoms with Crippen molar-refractivity contribution in [3.05, 3.63) is 169 Å². The third-order valence-electron chi connectivity index (χ3n) is 8.50. The molecule has 1 aromatic heterocycles. The van der Waals surface area contributed by atoms with Gasteiger partial charge in [-0.25, -0.2) is 4.98 Å². The Labute approximate surface area is 257 Å². The van der Waals surface area contributed by atoms with Crippen molar-refractivity contribution in [1.29, 1.82) is 0 Å². The molecule has 0 N–H and O–H groups in total. The number of hydrogen-bond acceptors (Lipinski definition) is 2. The topological polar surface area (TPSA) is 16.1 Å². The molecule has 0 fully saturated rings. The van der Waals surface area contributed by atoms with Gasteiger partial charge in [0, 0.05) is 17.1 Å². The van der Waals surface area contributed by atoms with Gasteiger partial charge < -0.3 is 0 Å². The largest absolute Gasteiger partial charge is 0.295 e. The third-order valence-corrected chi connectivity index (χ3v) is 8.50. The molecule has 0 saturated heterocycles. The van der Waals surface area contributed by atoms with Crippen molar-refractivity contribution in [2.75, 3.05) is 4.90 Å². The maximum atomic E-state index is 4.87. The van der Waals surface area contributed by atoms with E-state index in [1.165, 1.54) is 54.6 Å². The Morgan fingerprint density at radius 2 is 0.932 bits per heavy atom. The zero-order valence-corrected chi connectivity index (χ0v) is 24.5. The molecule has 0 spiro atoms. The summed E-state index contributed by atoms with van der Waals surface area (Å²) in [4.78, 5) is 7.09. The molecule has 0 bridgehead atoms. The molecule has 0 radical (unpaired) electrons. The summed E-state index contributed by atoms with van der Waals surface area (Å²) in [5.41, 5.74) is 8.10. The molecule has 0 amide bonds. The van der Waals surface area contributed by atoms with Crippen LogP contribution in [0.3, 0.4) is 0 Å². The first-order chi connectivity index (χ1) is 21.7. The van der Waals surface area contributed by atoms with E-state index in [2.05, 4.69) is 157 Å². The van der Waals surface area contributed by atoms with E-state index in [1.54, 1.807) is 0 Å². The first-order valence-corrected chi connectivity index (χ1v) is 15.1. The standard InChI is InChI=1S/C42H30N2/c1-29-12-11-21-40(43-29)44(34-15-3-2-4-16-34)35-26-24-31(25-27-35)41-36-17-7-9-19-38(36)42(39-20-10-8-18-37(39)41)33-23-22-30-13-5-6-14-32(30)28-33/h2-28H,1H3. The number of aromatic nitrogens is 1. The lowest BCUT2D eigenvalue weighted by molar-refractivity contribution is 1.13. The SMILES string of the molecule is Cc1cccc(N(c2ccccc2)c2ccc(-c3c4ccccc4c(-c4ccc5ccccc5c4)c4ccccc34)cc2)n1. The fourth-order valence-electron chi connectivity index (χ4n) is 6.52. The average molecular weight is 563 g/mol. The Morgan fingerprint density at radius 3 is 1.57 bits per heavy atom. The zero-order valence-electron chi connectivity index (χ0n) is 24.5. The van der Waals surface area contributed by atoms with E-state index in [-0.39, 0.29) is 0 Å². The van der Waals surface area contributed by atoms with Gasteiger partial charge in [-0.3, -0.25) is 4.90 Å². The smallest absolute Gasteiger partial charge is 0.137 e. The van der Waals surface area contributed by atoms with Gasteiger partial charge in [0.15, 0.2) is 0 Å². The Hall–Kier alpha value is -5.73. The van der Waals surface area contributed by atoms with Gasteiger partial charge in [0.1, 0.15) is 5.82 Å². The summed E-state index contributed by atoms with van der Waals surface area (Å²) in [5.74, 6) is 0.902. The minimum absolute atomic E-state index is 0.902. The molecule has 0 saturated carbocycles. The van der Waals surface area contributed by atoms with E-state index < -0.39 is 0 Å². The van der Waals surface area contributed by atoms with E-state index in [1.807, 2.05) is 19.1 Å². The van der Waals surface area contributed by atoms with Gasteiger partial charge in [-0.1, -0.05) is 121 Å². The lowest BCUT2D eigenvalue weighted by Crippen LogP contribution is -2.11. The van der Waals surface area contributed by atoms with E-state index in [0.717, 1.165) is 22.9 Å². The molecule has 44 heavy (non-hydrogen) atoms. The monoisotopic (exact) mass is 562 g/mol. The molecule has 8 rings (SSSR count). The van der Waals surface area contributed by atoms with Gasteiger partial charge in [0.05, 0.1) is 0 Å². The summed E-state index contributed by atoms with van der Waals surface area (Å²) in [6, 6.07) is 58.7. The van der Waals surface area contributed by atoms with Crippen molar-refractivity contribution in [2.45, 2.75) is 6.92 Å². The summed E-state index contributed by atoms with van der Waals surface area (Å²) < 4.78 is 0. The molecule has 2 nitrogen and oxygen atoms in total. The summed E-state index contributed by atoms with van der Waals surface area (Å²) >= 11 is 0. The van der Waals surface area contributed by atoms with Gasteiger partial charge in [0.2, 0.25) is 0 Å². The summed E-state index contributed by atoms with van der Waals surface area (Å²) in [5, 5.41) is 7.53. The van der Waals surface area contributed by atoms with E-state index >= 15 is 0 Å². The normalized spacial score (nSPS) is 11.3. The highest BCUT2D eigenvalue weighted by molar-refractivity contribution is 6.21. The van der Waals surface area contributed by atoms with Crippen molar-refractivity contribution < 1.29 is 0 Å². The fraction of sp³-hybridized carbons (Fsp3) is 0.0238. The molecule has 208 valence electrons. The van der Waals surface area contributed by atoms with Crippen LogP contribution in [0.1, 0.15) is 5.69 Å². The van der Waals surface area contributed by atoms with Crippen molar-refractivity contribution in [3.8, 4) is 22.3 Å². The first-order valence-electron chi connectivity index (χ1n) is 15.1. The van der Waals surface area contributed by atoms with Gasteiger partial charge in [-0.05, 0) is 104 Å². The van der Waals surface area contributed by atoms with Crippen LogP contribution in [-0.4, -0.2) is 4.98 Å². The van der Waals surface area contributed by atoms with Gasteiger partial charge in [-0.2, -0.15) is 0 Å². The van der Waals surface area contributed by atoms with E-state index in [9.17, 15) is 0 Å². The number of aryl methyl sites for hydroxylation is 1. The van der Waals surface area contributed by atoms with E-state index in [0.29, 0.717) is 0 Å². The Morgan fingerprint density at radius 1 is 0.409 bits per heavy atom. The molecule has 0 unspecified atom stereocenters. The van der Waals surface area contributed by atoms with Crippen molar-refractivity contribution in [2.24, 2.45) is 0 Å². The van der Waals surface area contributed by atoms with Crippen LogP contribution < -0.4 is 4.90 Å². The van der Waals surface area contributed by atoms with Crippen LogP contribution in [0, 0.1) is 6.92 Å². The average Bonchev–Trinajstić information content (AvgIpc) is 3.08. The number of rotatable bonds is 5. The molecule has 2 heteroatoms. The van der Waals surface area contributed by atoms with Crippen LogP contribution >= 0.6 is 0 Å². The highest BCUT2D eigenvalue weighted by Gasteiger charge is 2.18. The van der Waals surface area contributed by atoms with Crippen molar-refractivity contribution >= 4 is 49.5 Å². The maximum absolute atomic E-state index is 4.87. The summed E-state index contributed by atoms with van der Waals surface area (Å²) in [6.45, 7) is 2.04. The molecular weight excluding hydrogens is 532 g/mol. The highest BCUT2D eigenvalue weighted by Crippen LogP contribution is 2.44. The van der Waals surface area contributed by atoms with Gasteiger partial charge >= 0.3 is 0 Å². The molecule has 0 aliphatic carbocycles. The van der Waals surface area contributed by atoms with Gasteiger partial charge in [-0.15, -0.1) is 0 Å². The highest BCUT2D eigenvalue weighted by atomic mass is 15.2. The number of fused-ring (bicyclic) bond motifs is 3. The van der Waals surface area contributed by atoms with Crippen LogP contribution in [0.5, 0.6) is 0 Å². The number of anilines is 3. The predicted octanol–water partition coefficient (Wildman–Crippen LogP) is 11.7. The molecular formula is C42H30N2. The molecule has 7 aromatic carbocycles. The predicted molar refractivity (Wildman–Crippen MR) is 187 cm³/mol. The molecule has 0 aliphatic heterocycles. The Balaban J connectivity index is 1.32. The molecule has 0 aliphatic rings. The van der Waals surface area contributed by atoms with Crippen molar-refractivity contribution in [1.82, 2.24) is 4.98 Å². The second kappa shape index (κ2) is 10.8. The summed E-state index contributed by atoms with van der Waals surface area (Å²) in [6.07, 6.45) is 0. The number of benzene rings is 7. The number of pyridine rings is 1. The van der Waals surface area contributed by atoms with Crippen LogP contribution in [0.2, 0.25) is 0 Å². The Bertz CT molecular complexity index is 2230. The van der Waals surface area contributed by atoms with E-state index in [4.69, 9.17) is 4.98 Å². The molecule has 0 atom stereocenters. The second-order valence-electron chi connectivity index (χ2n) is 11.3. The Kier molecular flexibility index (Phi) is 6.39. The number of para-hydroxylation sites is 1. The quantitative estimate of drug-likeness (QED) is 0.194. The minimum atomic E-state index is 0.902. The van der Waals surface area contributed by atoms with Crippen LogP contribution in [-0.2, 0) is 0 Å². The number of hydrogen-bond donors (Lipinski definition) is 0.